The summed E-state index contributed by atoms with van der Waals surface area (Å²) >= 11 is 5.68. The number of rotatable bonds is 17. The summed E-state index contributed by atoms with van der Waals surface area (Å²) < 4.78 is 21.9. The fourth-order valence-corrected chi connectivity index (χ4v) is 7.17. The largest absolute Gasteiger partial charge is 0.441 e. The summed E-state index contributed by atoms with van der Waals surface area (Å²) in [5.41, 5.74) is 2.45. The summed E-state index contributed by atoms with van der Waals surface area (Å²) in [5, 5.41) is 2.82. The molecule has 1 saturated carbocycles. The summed E-state index contributed by atoms with van der Waals surface area (Å²) in [6.45, 7) is 4.52. The van der Waals surface area contributed by atoms with Crippen molar-refractivity contribution in [3.8, 4) is 0 Å². The van der Waals surface area contributed by atoms with Crippen molar-refractivity contribution in [3.63, 3.8) is 0 Å². The quantitative estimate of drug-likeness (QED) is 0.0918. The smallest absolute Gasteiger partial charge is 0.198 e. The minimum Gasteiger partial charge on any atom is -0.441 e. The van der Waals surface area contributed by atoms with Gasteiger partial charge in [0, 0.05) is 10.8 Å². The number of hydrogen-bond acceptors (Lipinski definition) is 2. The molecule has 1 fully saturated rings. The highest BCUT2D eigenvalue weighted by Gasteiger charge is 2.23. The van der Waals surface area contributed by atoms with Gasteiger partial charge in [-0.25, -0.2) is 4.39 Å². The molecule has 4 rings (SSSR count). The van der Waals surface area contributed by atoms with E-state index in [4.69, 9.17) is 16.6 Å². The van der Waals surface area contributed by atoms with E-state index in [2.05, 4.69) is 32.0 Å². The molecule has 220 valence electrons. The van der Waals surface area contributed by atoms with Crippen molar-refractivity contribution in [1.82, 2.24) is 0 Å². The first-order chi connectivity index (χ1) is 19.6. The van der Waals surface area contributed by atoms with Crippen molar-refractivity contribution in [2.24, 2.45) is 5.92 Å². The maximum atomic E-state index is 15.5. The molecule has 0 aliphatic heterocycles. The topological polar surface area (TPSA) is 13.1 Å². The molecule has 0 unspecified atom stereocenters. The van der Waals surface area contributed by atoms with Crippen molar-refractivity contribution in [1.29, 1.82) is 0 Å². The van der Waals surface area contributed by atoms with Gasteiger partial charge in [0.05, 0.1) is 0 Å². The molecule has 3 aromatic rings. The average molecular weight is 565 g/mol. The van der Waals surface area contributed by atoms with E-state index in [1.165, 1.54) is 115 Å². The number of benzene rings is 2. The van der Waals surface area contributed by atoms with Gasteiger partial charge in [0.1, 0.15) is 0 Å². The lowest BCUT2D eigenvalue weighted by atomic mass is 9.76. The van der Waals surface area contributed by atoms with Gasteiger partial charge in [0.2, 0.25) is 0 Å². The van der Waals surface area contributed by atoms with Gasteiger partial charge in [0.15, 0.2) is 16.1 Å². The molecule has 1 aliphatic rings. The number of hydrogen-bond donors (Lipinski definition) is 0. The van der Waals surface area contributed by atoms with E-state index in [0.29, 0.717) is 16.2 Å². The molecule has 0 atom stereocenters. The zero-order valence-electron chi connectivity index (χ0n) is 25.4. The Kier molecular flexibility index (Phi) is 13.0. The minimum absolute atomic E-state index is 0.224. The summed E-state index contributed by atoms with van der Waals surface area (Å²) in [5.74, 6) is 1.28. The van der Waals surface area contributed by atoms with Gasteiger partial charge in [-0.2, -0.15) is 0 Å². The molecule has 0 spiro atoms. The standard InChI is InChI=1S/C37H53FOS/c1-3-5-7-9-11-12-13-15-17-28-19-21-29(22-20-28)31-24-25-32-33-26-23-30(18-16-14-10-8-6-4-2)35(38)36(33)39-37(40)34(32)27-31/h23-29H,3-22H2,1-2H3. The zero-order chi connectivity index (χ0) is 28.2. The van der Waals surface area contributed by atoms with Crippen LogP contribution < -0.4 is 0 Å². The zero-order valence-corrected chi connectivity index (χ0v) is 26.2. The predicted molar refractivity (Wildman–Crippen MR) is 174 cm³/mol. The Morgan fingerprint density at radius 2 is 1.30 bits per heavy atom. The molecular weight excluding hydrogens is 511 g/mol. The molecule has 1 aliphatic carbocycles. The highest BCUT2D eigenvalue weighted by molar-refractivity contribution is 7.71. The van der Waals surface area contributed by atoms with Crippen LogP contribution in [0.15, 0.2) is 34.7 Å². The van der Waals surface area contributed by atoms with Crippen LogP contribution in [0, 0.1) is 16.4 Å². The van der Waals surface area contributed by atoms with Crippen LogP contribution in [0.5, 0.6) is 0 Å². The summed E-state index contributed by atoms with van der Waals surface area (Å²) in [6, 6.07) is 10.7. The molecule has 0 amide bonds. The van der Waals surface area contributed by atoms with Crippen LogP contribution >= 0.6 is 12.2 Å². The SMILES string of the molecule is CCCCCCCCCCC1CCC(c2ccc3c(c2)c(=S)oc2c(F)c(CCCCCCCC)ccc23)CC1. The Hall–Kier alpha value is -1.74. The molecule has 40 heavy (non-hydrogen) atoms. The second-order valence-electron chi connectivity index (χ2n) is 12.6. The van der Waals surface area contributed by atoms with E-state index >= 15 is 4.39 Å². The van der Waals surface area contributed by atoms with Gasteiger partial charge in [0.25, 0.3) is 0 Å². The molecule has 0 bridgehead atoms. The summed E-state index contributed by atoms with van der Waals surface area (Å²) in [7, 11) is 0. The van der Waals surface area contributed by atoms with Gasteiger partial charge < -0.3 is 4.42 Å². The number of aryl methyl sites for hydroxylation is 1. The normalized spacial score (nSPS) is 17.7. The van der Waals surface area contributed by atoms with Crippen LogP contribution in [0.2, 0.25) is 0 Å². The van der Waals surface area contributed by atoms with Crippen LogP contribution in [-0.2, 0) is 6.42 Å². The molecule has 1 nitrogen and oxygen atoms in total. The van der Waals surface area contributed by atoms with Gasteiger partial charge in [-0.1, -0.05) is 128 Å². The second-order valence-corrected chi connectivity index (χ2v) is 13.0. The molecule has 1 aromatic heterocycles. The Balaban J connectivity index is 1.32. The molecule has 0 saturated heterocycles. The van der Waals surface area contributed by atoms with Crippen molar-refractivity contribution < 1.29 is 8.81 Å². The Morgan fingerprint density at radius 3 is 1.98 bits per heavy atom. The molecule has 2 aromatic carbocycles. The van der Waals surface area contributed by atoms with Gasteiger partial charge >= 0.3 is 0 Å². The first kappa shape index (κ1) is 31.2. The van der Waals surface area contributed by atoms with Gasteiger partial charge in [-0.05, 0) is 85.2 Å². The molecule has 3 heteroatoms. The highest BCUT2D eigenvalue weighted by atomic mass is 32.1. The lowest BCUT2D eigenvalue weighted by Crippen LogP contribution is -2.13. The summed E-state index contributed by atoms with van der Waals surface area (Å²) in [6.07, 6.45) is 25.9. The van der Waals surface area contributed by atoms with Crippen LogP contribution in [0.1, 0.15) is 153 Å². The third-order valence-corrected chi connectivity index (χ3v) is 9.81. The Morgan fingerprint density at radius 1 is 0.700 bits per heavy atom. The van der Waals surface area contributed by atoms with Crippen LogP contribution in [0.25, 0.3) is 21.7 Å². The number of halogens is 1. The Labute approximate surface area is 248 Å². The fraction of sp³-hybridized carbons (Fsp3) is 0.649. The first-order valence-electron chi connectivity index (χ1n) is 16.8. The predicted octanol–water partition coefficient (Wildman–Crippen LogP) is 13.2. The minimum atomic E-state index is -0.224. The molecule has 0 N–H and O–H groups in total. The van der Waals surface area contributed by atoms with E-state index in [1.807, 2.05) is 12.1 Å². The van der Waals surface area contributed by atoms with E-state index in [0.717, 1.165) is 46.9 Å². The first-order valence-corrected chi connectivity index (χ1v) is 17.2. The van der Waals surface area contributed by atoms with E-state index in [-0.39, 0.29) is 5.82 Å². The average Bonchev–Trinajstić information content (AvgIpc) is 2.98. The van der Waals surface area contributed by atoms with Crippen LogP contribution in [0.4, 0.5) is 4.39 Å². The van der Waals surface area contributed by atoms with E-state index < -0.39 is 0 Å². The Bertz CT molecular complexity index is 1240. The second kappa shape index (κ2) is 16.6. The molecular formula is C37H53FOS. The van der Waals surface area contributed by atoms with Crippen molar-refractivity contribution in [2.45, 2.75) is 148 Å². The van der Waals surface area contributed by atoms with Crippen LogP contribution in [-0.4, -0.2) is 0 Å². The monoisotopic (exact) mass is 564 g/mol. The number of fused-ring (bicyclic) bond motifs is 3. The third kappa shape index (κ3) is 8.63. The van der Waals surface area contributed by atoms with E-state index in [1.54, 1.807) is 0 Å². The molecule has 1 heterocycles. The fourth-order valence-electron chi connectivity index (χ4n) is 6.92. The van der Waals surface area contributed by atoms with Crippen molar-refractivity contribution in [3.05, 3.63) is 52.0 Å². The van der Waals surface area contributed by atoms with E-state index in [9.17, 15) is 0 Å². The lowest BCUT2D eigenvalue weighted by molar-refractivity contribution is 0.302. The lowest BCUT2D eigenvalue weighted by Gasteiger charge is -2.29. The van der Waals surface area contributed by atoms with Crippen LogP contribution in [0.3, 0.4) is 0 Å². The summed E-state index contributed by atoms with van der Waals surface area (Å²) in [4.78, 5) is 0. The van der Waals surface area contributed by atoms with Gasteiger partial charge in [-0.15, -0.1) is 0 Å². The van der Waals surface area contributed by atoms with Crippen molar-refractivity contribution >= 4 is 34.0 Å². The maximum absolute atomic E-state index is 15.5. The van der Waals surface area contributed by atoms with Crippen molar-refractivity contribution in [2.75, 3.05) is 0 Å². The maximum Gasteiger partial charge on any atom is 0.198 e. The number of unbranched alkanes of at least 4 members (excludes halogenated alkanes) is 12. The van der Waals surface area contributed by atoms with Gasteiger partial charge in [-0.3, -0.25) is 0 Å². The highest BCUT2D eigenvalue weighted by Crippen LogP contribution is 2.40. The third-order valence-electron chi connectivity index (χ3n) is 9.51. The molecule has 0 radical (unpaired) electrons.